The molecule has 2 aromatic rings. The van der Waals surface area contributed by atoms with E-state index in [2.05, 4.69) is 21.2 Å². The maximum Gasteiger partial charge on any atom is 0.270 e. The van der Waals surface area contributed by atoms with E-state index in [4.69, 9.17) is 6.42 Å². The summed E-state index contributed by atoms with van der Waals surface area (Å²) in [6, 6.07) is 8.53. The number of amidine groups is 1. The highest BCUT2D eigenvalue weighted by atomic mass is 32.1. The van der Waals surface area contributed by atoms with Gasteiger partial charge in [0.15, 0.2) is 0 Å². The summed E-state index contributed by atoms with van der Waals surface area (Å²) in [5.41, 5.74) is 2.17. The number of fused-ring (bicyclic) bond motifs is 1. The Hall–Kier alpha value is -2.98. The van der Waals surface area contributed by atoms with Gasteiger partial charge in [-0.25, -0.2) is 0 Å². The van der Waals surface area contributed by atoms with Crippen molar-refractivity contribution in [2.45, 2.75) is 0 Å². The molecule has 6 nitrogen and oxygen atoms in total. The van der Waals surface area contributed by atoms with E-state index in [0.29, 0.717) is 17.9 Å². The van der Waals surface area contributed by atoms with Crippen molar-refractivity contribution >= 4 is 34.3 Å². The zero-order valence-electron chi connectivity index (χ0n) is 12.0. The van der Waals surface area contributed by atoms with E-state index < -0.39 is 4.92 Å². The normalized spacial score (nSPS) is 15.1. The molecule has 1 aliphatic rings. The molecule has 2 heterocycles. The van der Waals surface area contributed by atoms with Crippen LogP contribution in [0, 0.1) is 22.5 Å². The second-order valence-corrected chi connectivity index (χ2v) is 5.67. The number of hydrogen-bond donors (Lipinski definition) is 1. The zero-order valence-corrected chi connectivity index (χ0v) is 12.8. The Morgan fingerprint density at radius 2 is 2.35 bits per heavy atom. The van der Waals surface area contributed by atoms with Gasteiger partial charge in [0.05, 0.1) is 22.1 Å². The molecule has 1 aromatic heterocycles. The molecule has 0 saturated carbocycles. The first-order valence-electron chi connectivity index (χ1n) is 6.80. The topological polar surface area (TPSA) is 79.9 Å². The molecule has 0 radical (unpaired) electrons. The van der Waals surface area contributed by atoms with Crippen molar-refractivity contribution < 1.29 is 4.92 Å². The molecule has 1 N–H and O–H groups in total. The molecule has 0 saturated heterocycles. The van der Waals surface area contributed by atoms with Crippen molar-refractivity contribution in [3.63, 3.8) is 0 Å². The Morgan fingerprint density at radius 1 is 1.48 bits per heavy atom. The number of aliphatic imine (C=N–C) groups is 2. The minimum Gasteiger partial charge on any atom is -0.342 e. The number of benzodiazepines with no additional fused rings is 1. The molecule has 114 valence electrons. The summed E-state index contributed by atoms with van der Waals surface area (Å²) in [5.74, 6) is 3.10. The molecule has 3 rings (SSSR count). The number of rotatable bonds is 3. The number of nitrogens with one attached hydrogen (secondary N) is 1. The van der Waals surface area contributed by atoms with Crippen LogP contribution in [0.3, 0.4) is 0 Å². The summed E-state index contributed by atoms with van der Waals surface area (Å²) in [5, 5.41) is 16.2. The fourth-order valence-electron chi connectivity index (χ4n) is 2.24. The van der Waals surface area contributed by atoms with Gasteiger partial charge in [0.25, 0.3) is 5.69 Å². The first-order valence-corrected chi connectivity index (χ1v) is 7.68. The Bertz CT molecular complexity index is 847. The van der Waals surface area contributed by atoms with Crippen molar-refractivity contribution in [2.75, 3.05) is 18.4 Å². The third-order valence-corrected chi connectivity index (χ3v) is 4.13. The maximum atomic E-state index is 11.1. The summed E-state index contributed by atoms with van der Waals surface area (Å²) in [7, 11) is 0. The van der Waals surface area contributed by atoms with Crippen molar-refractivity contribution in [3.8, 4) is 12.3 Å². The highest BCUT2D eigenvalue weighted by Crippen LogP contribution is 2.28. The summed E-state index contributed by atoms with van der Waals surface area (Å²) < 4.78 is 0. The Labute approximate surface area is 136 Å². The van der Waals surface area contributed by atoms with E-state index >= 15 is 0 Å². The van der Waals surface area contributed by atoms with Gasteiger partial charge in [-0.15, -0.1) is 17.8 Å². The summed E-state index contributed by atoms with van der Waals surface area (Å²) in [6.07, 6.45) is 5.24. The van der Waals surface area contributed by atoms with Gasteiger partial charge in [0.1, 0.15) is 12.4 Å². The molecule has 0 unspecified atom stereocenters. The van der Waals surface area contributed by atoms with Gasteiger partial charge in [-0.3, -0.25) is 20.1 Å². The van der Waals surface area contributed by atoms with Crippen molar-refractivity contribution in [2.24, 2.45) is 9.98 Å². The number of benzene rings is 1. The highest BCUT2D eigenvalue weighted by Gasteiger charge is 2.20. The Morgan fingerprint density at radius 3 is 3.04 bits per heavy atom. The lowest BCUT2D eigenvalue weighted by molar-refractivity contribution is -0.384. The molecule has 0 amide bonds. The fraction of sp³-hybridized carbons (Fsp3) is 0.125. The Kier molecular flexibility index (Phi) is 4.17. The quantitative estimate of drug-likeness (QED) is 0.535. The number of anilines is 1. The molecule has 0 fully saturated rings. The molecule has 1 aliphatic heterocycles. The number of nitro groups is 1. The molecular weight excluding hydrogens is 312 g/mol. The second-order valence-electron chi connectivity index (χ2n) is 4.72. The van der Waals surface area contributed by atoms with Gasteiger partial charge >= 0.3 is 0 Å². The van der Waals surface area contributed by atoms with Gasteiger partial charge in [-0.2, -0.15) is 0 Å². The molecule has 23 heavy (non-hydrogen) atoms. The van der Waals surface area contributed by atoms with Crippen molar-refractivity contribution in [1.29, 1.82) is 0 Å². The number of thiophene rings is 1. The third-order valence-electron chi connectivity index (χ3n) is 3.25. The van der Waals surface area contributed by atoms with Gasteiger partial charge < -0.3 is 5.32 Å². The lowest BCUT2D eigenvalue weighted by Crippen LogP contribution is -2.15. The van der Waals surface area contributed by atoms with E-state index in [0.717, 1.165) is 16.3 Å². The van der Waals surface area contributed by atoms with Crippen LogP contribution in [-0.4, -0.2) is 29.6 Å². The molecule has 0 atom stereocenters. The highest BCUT2D eigenvalue weighted by molar-refractivity contribution is 7.12. The van der Waals surface area contributed by atoms with Crippen LogP contribution in [0.5, 0.6) is 0 Å². The van der Waals surface area contributed by atoms with Gasteiger partial charge in [-0.05, 0) is 17.5 Å². The van der Waals surface area contributed by atoms with Crippen LogP contribution in [0.15, 0.2) is 45.7 Å². The van der Waals surface area contributed by atoms with Crippen molar-refractivity contribution in [1.82, 2.24) is 0 Å². The standard InChI is InChI=1S/C16H12N4O2S/c1-2-7-17-15-10-18-16(14-4-3-8-23-14)12-9-11(20(21)22)5-6-13(12)19-15/h1,3-6,8-9H,7,10H2,(H,17,19). The molecule has 0 aliphatic carbocycles. The molecule has 1 aromatic carbocycles. The van der Waals surface area contributed by atoms with E-state index in [1.54, 1.807) is 6.07 Å². The summed E-state index contributed by atoms with van der Waals surface area (Å²) in [4.78, 5) is 20.5. The fourth-order valence-corrected chi connectivity index (χ4v) is 2.99. The van der Waals surface area contributed by atoms with Crippen LogP contribution < -0.4 is 5.32 Å². The minimum atomic E-state index is -0.412. The predicted molar refractivity (Wildman–Crippen MR) is 92.7 cm³/mol. The lowest BCUT2D eigenvalue weighted by atomic mass is 10.1. The monoisotopic (exact) mass is 324 g/mol. The molecule has 0 bridgehead atoms. The van der Waals surface area contributed by atoms with Crippen LogP contribution >= 0.6 is 11.3 Å². The van der Waals surface area contributed by atoms with E-state index in [1.165, 1.54) is 23.5 Å². The Balaban J connectivity index is 2.13. The lowest BCUT2D eigenvalue weighted by Gasteiger charge is -2.09. The number of hydrogen-bond acceptors (Lipinski definition) is 5. The molecule has 0 spiro atoms. The van der Waals surface area contributed by atoms with Gasteiger partial charge in [-0.1, -0.05) is 12.0 Å². The van der Waals surface area contributed by atoms with E-state index in [9.17, 15) is 10.1 Å². The first-order chi connectivity index (χ1) is 11.2. The van der Waals surface area contributed by atoms with Crippen LogP contribution in [-0.2, 0) is 0 Å². The predicted octanol–water partition coefficient (Wildman–Crippen LogP) is 2.95. The second kappa shape index (κ2) is 6.42. The first kappa shape index (κ1) is 14.9. The largest absolute Gasteiger partial charge is 0.342 e. The van der Waals surface area contributed by atoms with Crippen LogP contribution in [0.25, 0.3) is 0 Å². The minimum absolute atomic E-state index is 0.0267. The van der Waals surface area contributed by atoms with Gasteiger partial charge in [0, 0.05) is 23.4 Å². The number of nitro benzene ring substituents is 1. The zero-order chi connectivity index (χ0) is 16.2. The third kappa shape index (κ3) is 3.12. The van der Waals surface area contributed by atoms with E-state index in [1.807, 2.05) is 17.5 Å². The SMILES string of the molecule is C#CCN=C1CN=C(c2cccs2)c2cc([N+](=O)[O-])ccc2N1. The molecule has 7 heteroatoms. The average molecular weight is 324 g/mol. The van der Waals surface area contributed by atoms with Crippen LogP contribution in [0.2, 0.25) is 0 Å². The number of non-ortho nitro benzene ring substituents is 1. The smallest absolute Gasteiger partial charge is 0.270 e. The number of nitrogens with zero attached hydrogens (tertiary/aromatic N) is 3. The number of terminal acetylenes is 1. The van der Waals surface area contributed by atoms with E-state index in [-0.39, 0.29) is 12.2 Å². The van der Waals surface area contributed by atoms with Crippen LogP contribution in [0.1, 0.15) is 10.4 Å². The van der Waals surface area contributed by atoms with Gasteiger partial charge in [0.2, 0.25) is 0 Å². The molecular formula is C16H12N4O2S. The summed E-state index contributed by atoms with van der Waals surface area (Å²) >= 11 is 1.53. The summed E-state index contributed by atoms with van der Waals surface area (Å²) in [6.45, 7) is 0.603. The van der Waals surface area contributed by atoms with Crippen LogP contribution in [0.4, 0.5) is 11.4 Å². The van der Waals surface area contributed by atoms with Crippen molar-refractivity contribution in [3.05, 3.63) is 56.3 Å². The maximum absolute atomic E-state index is 11.1. The average Bonchev–Trinajstić information content (AvgIpc) is 3.01.